The topological polar surface area (TPSA) is 90.8 Å². The lowest BCUT2D eigenvalue weighted by Gasteiger charge is -2.26. The monoisotopic (exact) mass is 594 g/mol. The summed E-state index contributed by atoms with van der Waals surface area (Å²) in [6.45, 7) is 8.25. The summed E-state index contributed by atoms with van der Waals surface area (Å²) < 4.78 is 8.22. The molecule has 2 aliphatic rings. The maximum absolute atomic E-state index is 12.4. The fourth-order valence-corrected chi connectivity index (χ4v) is 6.29. The number of hydrogen-bond donors (Lipinski definition) is 2. The molecule has 0 atom stereocenters. The Kier molecular flexibility index (Phi) is 8.43. The molecule has 2 aromatic heterocycles. The maximum atomic E-state index is 12.4. The van der Waals surface area contributed by atoms with Gasteiger partial charge in [-0.2, -0.15) is 0 Å². The molecule has 0 aliphatic carbocycles. The Bertz CT molecular complexity index is 1690. The van der Waals surface area contributed by atoms with E-state index in [0.717, 1.165) is 81.0 Å². The lowest BCUT2D eigenvalue weighted by atomic mass is 10.0. The molecular weight excluding hydrogens is 552 g/mol. The van der Waals surface area contributed by atoms with Crippen molar-refractivity contribution in [3.8, 4) is 17.0 Å². The van der Waals surface area contributed by atoms with Crippen molar-refractivity contribution in [2.24, 2.45) is 0 Å². The van der Waals surface area contributed by atoms with Crippen molar-refractivity contribution in [1.82, 2.24) is 19.4 Å². The molecule has 2 aliphatic heterocycles. The molecule has 1 saturated heterocycles. The molecule has 0 spiro atoms. The molecule has 230 valence electrons. The molecule has 6 rings (SSSR count). The largest absolute Gasteiger partial charge is 0.494 e. The Morgan fingerprint density at radius 2 is 1.91 bits per heavy atom. The van der Waals surface area contributed by atoms with Gasteiger partial charge >= 0.3 is 0 Å². The van der Waals surface area contributed by atoms with Gasteiger partial charge in [-0.3, -0.25) is 4.79 Å². The number of aryl methyl sites for hydroxylation is 2. The second-order valence-electron chi connectivity index (χ2n) is 11.9. The average Bonchev–Trinajstić information content (AvgIpc) is 3.70. The van der Waals surface area contributed by atoms with Crippen LogP contribution in [0.3, 0.4) is 0 Å². The van der Waals surface area contributed by atoms with Gasteiger partial charge in [-0.1, -0.05) is 24.8 Å². The van der Waals surface area contributed by atoms with E-state index in [-0.39, 0.29) is 5.91 Å². The van der Waals surface area contributed by atoms with E-state index in [1.807, 2.05) is 39.5 Å². The van der Waals surface area contributed by atoms with E-state index >= 15 is 0 Å². The van der Waals surface area contributed by atoms with Gasteiger partial charge in [0, 0.05) is 63.0 Å². The highest BCUT2D eigenvalue weighted by molar-refractivity contribution is 6.02. The van der Waals surface area contributed by atoms with E-state index in [1.54, 1.807) is 7.11 Å². The summed E-state index contributed by atoms with van der Waals surface area (Å²) in [5, 5.41) is 7.61. The number of methoxy groups -OCH3 is 1. The minimum atomic E-state index is -0.287. The second kappa shape index (κ2) is 12.6. The minimum Gasteiger partial charge on any atom is -0.494 e. The highest BCUT2D eigenvalue weighted by atomic mass is 16.5. The molecule has 0 radical (unpaired) electrons. The SMILES string of the molecule is C=CC(=O)Nc1cc(Nc2ncc(N3CCCC3)c(-c3cn4c5c(cccc35)CCC4)n2)c(OC)cc1N(C)CCN(C)C. The minimum absolute atomic E-state index is 0.287. The fraction of sp³-hybridized carbons (Fsp3) is 0.382. The third-order valence-corrected chi connectivity index (χ3v) is 8.60. The predicted molar refractivity (Wildman–Crippen MR) is 180 cm³/mol. The van der Waals surface area contributed by atoms with E-state index in [0.29, 0.717) is 23.1 Å². The van der Waals surface area contributed by atoms with E-state index in [9.17, 15) is 4.79 Å². The molecule has 1 amide bonds. The first-order valence-corrected chi connectivity index (χ1v) is 15.4. The van der Waals surface area contributed by atoms with Crippen LogP contribution in [0.25, 0.3) is 22.2 Å². The van der Waals surface area contributed by atoms with Gasteiger partial charge in [0.05, 0.1) is 41.6 Å². The zero-order chi connectivity index (χ0) is 30.8. The Hall–Kier alpha value is -4.57. The van der Waals surface area contributed by atoms with Gasteiger partial charge in [-0.15, -0.1) is 0 Å². The highest BCUT2D eigenvalue weighted by Gasteiger charge is 2.24. The summed E-state index contributed by atoms with van der Waals surface area (Å²) in [7, 11) is 7.72. The standard InChI is InChI=1S/C34H42N8O2/c1-6-31(43)36-26-19-27(30(44-5)20-28(26)40(4)18-17-39(2)3)37-34-35-21-29(41-14-7-8-15-41)32(38-34)25-22-42-16-10-12-23-11-9-13-24(25)33(23)42/h6,9,11,13,19-22H,1,7-8,10,12,14-18H2,2-5H3,(H,36,43)(H,35,37,38). The number of nitrogens with one attached hydrogen (secondary N) is 2. The number of amides is 1. The molecule has 2 N–H and O–H groups in total. The van der Waals surface area contributed by atoms with Gasteiger partial charge in [0.1, 0.15) is 11.4 Å². The Morgan fingerprint density at radius 3 is 2.66 bits per heavy atom. The molecule has 10 nitrogen and oxygen atoms in total. The van der Waals surface area contributed by atoms with Crippen molar-refractivity contribution < 1.29 is 9.53 Å². The van der Waals surface area contributed by atoms with Gasteiger partial charge in [0.2, 0.25) is 11.9 Å². The summed E-state index contributed by atoms with van der Waals surface area (Å²) in [6, 6.07) is 10.4. The van der Waals surface area contributed by atoms with Crippen molar-refractivity contribution >= 4 is 45.5 Å². The summed E-state index contributed by atoms with van der Waals surface area (Å²) in [5.74, 6) is 0.794. The lowest BCUT2D eigenvalue weighted by molar-refractivity contribution is -0.111. The molecule has 44 heavy (non-hydrogen) atoms. The van der Waals surface area contributed by atoms with Crippen molar-refractivity contribution in [3.63, 3.8) is 0 Å². The number of ether oxygens (including phenoxy) is 1. The zero-order valence-electron chi connectivity index (χ0n) is 26.2. The summed E-state index contributed by atoms with van der Waals surface area (Å²) in [6.07, 6.45) is 10.0. The Balaban J connectivity index is 1.42. The number of nitrogens with zero attached hydrogens (tertiary/aromatic N) is 6. The predicted octanol–water partition coefficient (Wildman–Crippen LogP) is 5.52. The van der Waals surface area contributed by atoms with Crippen LogP contribution in [0.4, 0.5) is 28.7 Å². The van der Waals surface area contributed by atoms with Crippen LogP contribution in [0.5, 0.6) is 5.75 Å². The van der Waals surface area contributed by atoms with Crippen molar-refractivity contribution in [3.05, 3.63) is 60.9 Å². The molecule has 2 aromatic carbocycles. The number of anilines is 5. The van der Waals surface area contributed by atoms with Crippen molar-refractivity contribution in [2.75, 3.05) is 74.9 Å². The Morgan fingerprint density at radius 1 is 1.09 bits per heavy atom. The number of aromatic nitrogens is 3. The van der Waals surface area contributed by atoms with Gasteiger partial charge in [-0.25, -0.2) is 9.97 Å². The van der Waals surface area contributed by atoms with Crippen LogP contribution in [0.15, 0.2) is 55.4 Å². The van der Waals surface area contributed by atoms with E-state index in [4.69, 9.17) is 14.7 Å². The number of para-hydroxylation sites is 1. The number of carbonyl (C=O) groups is 1. The van der Waals surface area contributed by atoms with Crippen LogP contribution in [0, 0.1) is 0 Å². The van der Waals surface area contributed by atoms with Crippen LogP contribution in [0.1, 0.15) is 24.8 Å². The van der Waals surface area contributed by atoms with Gasteiger partial charge in [0.25, 0.3) is 0 Å². The third-order valence-electron chi connectivity index (χ3n) is 8.60. The van der Waals surface area contributed by atoms with E-state index < -0.39 is 0 Å². The second-order valence-corrected chi connectivity index (χ2v) is 11.9. The summed E-state index contributed by atoms with van der Waals surface area (Å²) in [4.78, 5) is 29.0. The van der Waals surface area contributed by atoms with Crippen LogP contribution >= 0.6 is 0 Å². The van der Waals surface area contributed by atoms with E-state index in [1.165, 1.54) is 22.5 Å². The van der Waals surface area contributed by atoms with Crippen LogP contribution < -0.4 is 25.2 Å². The smallest absolute Gasteiger partial charge is 0.247 e. The van der Waals surface area contributed by atoms with Gasteiger partial charge in [-0.05, 0) is 57.5 Å². The number of carbonyl (C=O) groups excluding carboxylic acids is 1. The van der Waals surface area contributed by atoms with Crippen LogP contribution in [-0.2, 0) is 17.8 Å². The quantitative estimate of drug-likeness (QED) is 0.220. The van der Waals surface area contributed by atoms with Crippen molar-refractivity contribution in [1.29, 1.82) is 0 Å². The zero-order valence-corrected chi connectivity index (χ0v) is 26.2. The highest BCUT2D eigenvalue weighted by Crippen LogP contribution is 2.41. The maximum Gasteiger partial charge on any atom is 0.247 e. The number of hydrogen-bond acceptors (Lipinski definition) is 8. The molecule has 10 heteroatoms. The molecule has 0 bridgehead atoms. The molecule has 4 aromatic rings. The molecule has 4 heterocycles. The first-order chi connectivity index (χ1) is 21.4. The molecular formula is C34H42N8O2. The first-order valence-electron chi connectivity index (χ1n) is 15.4. The Labute approximate surface area is 259 Å². The van der Waals surface area contributed by atoms with Crippen LogP contribution in [-0.4, -0.2) is 79.8 Å². The van der Waals surface area contributed by atoms with Crippen LogP contribution in [0.2, 0.25) is 0 Å². The lowest BCUT2D eigenvalue weighted by Crippen LogP contribution is -2.29. The van der Waals surface area contributed by atoms with Crippen molar-refractivity contribution in [2.45, 2.75) is 32.2 Å². The first kappa shape index (κ1) is 29.5. The van der Waals surface area contributed by atoms with E-state index in [2.05, 4.69) is 60.9 Å². The number of rotatable bonds is 11. The molecule has 0 saturated carbocycles. The number of likely N-dealkylation sites (N-methyl/N-ethyl adjacent to an activating group) is 2. The molecule has 0 unspecified atom stereocenters. The summed E-state index contributed by atoms with van der Waals surface area (Å²) in [5.41, 5.74) is 7.94. The third kappa shape index (κ3) is 5.81. The number of benzene rings is 2. The normalized spacial score (nSPS) is 14.2. The fourth-order valence-electron chi connectivity index (χ4n) is 6.29. The summed E-state index contributed by atoms with van der Waals surface area (Å²) >= 11 is 0. The van der Waals surface area contributed by atoms with Gasteiger partial charge < -0.3 is 34.6 Å². The molecule has 1 fully saturated rings. The van der Waals surface area contributed by atoms with Gasteiger partial charge in [0.15, 0.2) is 0 Å². The average molecular weight is 595 g/mol.